The Morgan fingerprint density at radius 2 is 1.15 bits per heavy atom. The fourth-order valence-electron chi connectivity index (χ4n) is 7.53. The maximum Gasteiger partial charge on any atom is 0.254 e. The number of aromatic nitrogens is 2. The maximum absolute atomic E-state index is 13.9. The number of carbonyl (C=O) groups is 2. The molecule has 0 aliphatic carbocycles. The Morgan fingerprint density at radius 3 is 1.75 bits per heavy atom. The van der Waals surface area contributed by atoms with E-state index in [1.807, 2.05) is 79.7 Å². The van der Waals surface area contributed by atoms with E-state index in [0.717, 1.165) is 27.5 Å². The highest BCUT2D eigenvalue weighted by molar-refractivity contribution is 5.95. The molecular weight excluding hydrogens is 773 g/mol. The molecule has 8 rings (SSSR count). The molecule has 2 N–H and O–H groups in total. The van der Waals surface area contributed by atoms with Crippen LogP contribution in [0.25, 0.3) is 21.8 Å². The molecule has 0 fully saturated rings. The van der Waals surface area contributed by atoms with Gasteiger partial charge in [0, 0.05) is 33.3 Å². The average molecular weight is 817 g/mol. The van der Waals surface area contributed by atoms with E-state index in [9.17, 15) is 19.2 Å². The van der Waals surface area contributed by atoms with Crippen LogP contribution in [0.4, 0.5) is 0 Å². The molecule has 4 aromatic carbocycles. The molecule has 308 valence electrons. The van der Waals surface area contributed by atoms with Crippen molar-refractivity contribution in [1.82, 2.24) is 19.8 Å². The monoisotopic (exact) mass is 816 g/mol. The number of carbonyl (C=O) groups excluding carboxylic acids is 2. The summed E-state index contributed by atoms with van der Waals surface area (Å²) in [4.78, 5) is 63.7. The number of amides is 2. The average Bonchev–Trinajstić information content (AvgIpc) is 4.00. The normalized spacial score (nSPS) is 11.2. The van der Waals surface area contributed by atoms with Crippen molar-refractivity contribution >= 4 is 33.6 Å². The second kappa shape index (κ2) is 17.7. The van der Waals surface area contributed by atoms with Crippen LogP contribution < -0.4 is 20.6 Å². The number of hydrogen-bond acceptors (Lipinski definition) is 8. The number of aryl methyl sites for hydroxylation is 3. The van der Waals surface area contributed by atoms with Crippen LogP contribution in [0.5, 0.6) is 11.5 Å². The highest BCUT2D eigenvalue weighted by atomic mass is 16.5. The van der Waals surface area contributed by atoms with Gasteiger partial charge in [-0.25, -0.2) is 0 Å². The number of benzene rings is 4. The van der Waals surface area contributed by atoms with Crippen LogP contribution >= 0.6 is 0 Å². The summed E-state index contributed by atoms with van der Waals surface area (Å²) < 4.78 is 21.9. The van der Waals surface area contributed by atoms with Crippen LogP contribution in [-0.4, -0.2) is 45.8 Å². The van der Waals surface area contributed by atoms with Crippen LogP contribution in [0, 0.1) is 6.92 Å². The molecule has 0 atom stereocenters. The number of hydrogen-bond donors (Lipinski definition) is 2. The van der Waals surface area contributed by atoms with Gasteiger partial charge in [-0.1, -0.05) is 35.9 Å². The zero-order valence-electron chi connectivity index (χ0n) is 34.0. The molecule has 0 unspecified atom stereocenters. The largest absolute Gasteiger partial charge is 0.493 e. The Bertz CT molecular complexity index is 2970. The molecule has 0 spiro atoms. The Kier molecular flexibility index (Phi) is 11.7. The molecule has 0 aliphatic rings. The van der Waals surface area contributed by atoms with Crippen molar-refractivity contribution in [2.75, 3.05) is 14.2 Å². The first kappa shape index (κ1) is 40.2. The van der Waals surface area contributed by atoms with Gasteiger partial charge in [0.15, 0.2) is 11.5 Å². The van der Waals surface area contributed by atoms with Crippen molar-refractivity contribution in [2.45, 2.75) is 45.9 Å². The summed E-state index contributed by atoms with van der Waals surface area (Å²) in [6.45, 7) is 2.43. The van der Waals surface area contributed by atoms with Crippen molar-refractivity contribution in [3.05, 3.63) is 199 Å². The fraction of sp³-hybridized carbons (Fsp3) is 0.184. The van der Waals surface area contributed by atoms with Gasteiger partial charge in [-0.3, -0.25) is 19.2 Å². The third-order valence-electron chi connectivity index (χ3n) is 10.7. The van der Waals surface area contributed by atoms with Crippen molar-refractivity contribution in [1.29, 1.82) is 0 Å². The lowest BCUT2D eigenvalue weighted by Gasteiger charge is -2.22. The molecule has 12 heteroatoms. The topological polar surface area (TPSA) is 151 Å². The van der Waals surface area contributed by atoms with Gasteiger partial charge in [0.25, 0.3) is 22.9 Å². The number of pyridine rings is 2. The second-order valence-electron chi connectivity index (χ2n) is 15.0. The third kappa shape index (κ3) is 9.18. The van der Waals surface area contributed by atoms with E-state index in [4.69, 9.17) is 18.3 Å². The van der Waals surface area contributed by atoms with Crippen LogP contribution in [0.3, 0.4) is 0 Å². The summed E-state index contributed by atoms with van der Waals surface area (Å²) in [6, 6.07) is 35.1. The van der Waals surface area contributed by atoms with E-state index in [0.29, 0.717) is 69.1 Å². The number of furan rings is 2. The molecule has 2 amide bonds. The molecule has 12 nitrogen and oxygen atoms in total. The number of H-pyrrole nitrogens is 2. The quantitative estimate of drug-likeness (QED) is 0.105. The minimum Gasteiger partial charge on any atom is -0.493 e. The van der Waals surface area contributed by atoms with Gasteiger partial charge >= 0.3 is 0 Å². The third-order valence-corrected chi connectivity index (χ3v) is 10.7. The number of nitrogens with one attached hydrogen (secondary N) is 2. The first-order chi connectivity index (χ1) is 29.6. The van der Waals surface area contributed by atoms with Gasteiger partial charge in [0.1, 0.15) is 11.5 Å². The number of nitrogens with zero attached hydrogens (tertiary/aromatic N) is 2. The van der Waals surface area contributed by atoms with Gasteiger partial charge in [-0.05, 0) is 127 Å². The standard InChI is InChI=1S/C49H44N4O8/c1-31-7-4-8-35(21-31)48(56)52(29-40-9-5-19-60-40)27-38-24-34-15-13-33(23-43(34)51-47(38)55)12-11-32-14-17-42-37(22-32)25-39(46(54)50-42)28-53(30-41-10-6-20-61-41)49(57)36-16-18-44(58-2)45(26-36)59-3/h4-10,13-26H,11-12,27-30H2,1-3H3,(H,50,54)(H,51,55). The van der Waals surface area contributed by atoms with Crippen LogP contribution in [0.1, 0.15) is 60.1 Å². The number of ether oxygens (including phenoxy) is 2. The smallest absolute Gasteiger partial charge is 0.254 e. The molecule has 4 heterocycles. The summed E-state index contributed by atoms with van der Waals surface area (Å²) in [7, 11) is 3.04. The molecule has 4 aromatic heterocycles. The lowest BCUT2D eigenvalue weighted by Crippen LogP contribution is -2.32. The highest BCUT2D eigenvalue weighted by Crippen LogP contribution is 2.29. The fourth-order valence-corrected chi connectivity index (χ4v) is 7.53. The number of rotatable bonds is 15. The molecule has 0 saturated heterocycles. The number of methoxy groups -OCH3 is 2. The first-order valence-electron chi connectivity index (χ1n) is 19.9. The van der Waals surface area contributed by atoms with Crippen molar-refractivity contribution < 1.29 is 27.9 Å². The first-order valence-corrected chi connectivity index (χ1v) is 19.9. The Balaban J connectivity index is 0.991. The van der Waals surface area contributed by atoms with E-state index in [-0.39, 0.29) is 49.1 Å². The van der Waals surface area contributed by atoms with Gasteiger partial charge in [-0.2, -0.15) is 0 Å². The maximum atomic E-state index is 13.9. The van der Waals surface area contributed by atoms with Crippen molar-refractivity contribution in [3.8, 4) is 11.5 Å². The van der Waals surface area contributed by atoms with E-state index in [1.54, 1.807) is 64.8 Å². The minimum atomic E-state index is -0.307. The van der Waals surface area contributed by atoms with Crippen LogP contribution in [0.15, 0.2) is 146 Å². The van der Waals surface area contributed by atoms with Crippen LogP contribution in [-0.2, 0) is 39.0 Å². The SMILES string of the molecule is COc1ccc(C(=O)N(Cc2ccco2)Cc2cc3cc(CCc4ccc5cc(CN(Cc6ccco6)C(=O)c6cccc(C)c6)c(=O)[nH]c5c4)ccc3[nH]c2=O)cc1OC. The molecule has 0 saturated carbocycles. The van der Waals surface area contributed by atoms with E-state index in [1.165, 1.54) is 14.2 Å². The van der Waals surface area contributed by atoms with Crippen molar-refractivity contribution in [2.24, 2.45) is 0 Å². The molecule has 0 aliphatic heterocycles. The summed E-state index contributed by atoms with van der Waals surface area (Å²) in [5, 5.41) is 1.69. The van der Waals surface area contributed by atoms with E-state index >= 15 is 0 Å². The summed E-state index contributed by atoms with van der Waals surface area (Å²) in [5.74, 6) is 1.61. The van der Waals surface area contributed by atoms with Crippen molar-refractivity contribution in [3.63, 3.8) is 0 Å². The van der Waals surface area contributed by atoms with Gasteiger partial charge in [0.05, 0.1) is 52.9 Å². The molecule has 61 heavy (non-hydrogen) atoms. The van der Waals surface area contributed by atoms with Gasteiger partial charge in [0.2, 0.25) is 0 Å². The van der Waals surface area contributed by atoms with E-state index < -0.39 is 0 Å². The zero-order valence-corrected chi connectivity index (χ0v) is 34.0. The second-order valence-corrected chi connectivity index (χ2v) is 15.0. The minimum absolute atomic E-state index is 0.0332. The molecule has 0 radical (unpaired) electrons. The van der Waals surface area contributed by atoms with Gasteiger partial charge in [-0.15, -0.1) is 0 Å². The molecule has 8 aromatic rings. The lowest BCUT2D eigenvalue weighted by molar-refractivity contribution is 0.0710. The predicted molar refractivity (Wildman–Crippen MR) is 232 cm³/mol. The van der Waals surface area contributed by atoms with Crippen LogP contribution in [0.2, 0.25) is 0 Å². The number of fused-ring (bicyclic) bond motifs is 2. The Labute approximate surface area is 351 Å². The Hall–Kier alpha value is -7.60. The lowest BCUT2D eigenvalue weighted by atomic mass is 10.0. The number of aromatic amines is 2. The summed E-state index contributed by atoms with van der Waals surface area (Å²) in [6.07, 6.45) is 4.50. The highest BCUT2D eigenvalue weighted by Gasteiger charge is 2.22. The zero-order chi connectivity index (χ0) is 42.5. The Morgan fingerprint density at radius 1 is 0.557 bits per heavy atom. The van der Waals surface area contributed by atoms with Gasteiger partial charge < -0.3 is 38.1 Å². The summed E-state index contributed by atoms with van der Waals surface area (Å²) in [5.41, 5.74) is 5.70. The summed E-state index contributed by atoms with van der Waals surface area (Å²) >= 11 is 0. The molecule has 0 bridgehead atoms. The van der Waals surface area contributed by atoms with E-state index in [2.05, 4.69) is 9.97 Å². The molecular formula is C49H44N4O8. The predicted octanol–water partition coefficient (Wildman–Crippen LogP) is 8.35.